The number of fused-ring (bicyclic) bond motifs is 1. The molecule has 1 aliphatic carbocycles. The third kappa shape index (κ3) is 2.39. The zero-order chi connectivity index (χ0) is 11.7. The molecule has 3 rings (SSSR count). The molecule has 2 aromatic rings. The van der Waals surface area contributed by atoms with E-state index in [1.165, 1.54) is 23.2 Å². The van der Waals surface area contributed by atoms with Crippen LogP contribution in [0.1, 0.15) is 29.1 Å². The summed E-state index contributed by atoms with van der Waals surface area (Å²) in [5, 5.41) is 0. The van der Waals surface area contributed by atoms with Crippen LogP contribution in [0.25, 0.3) is 0 Å². The summed E-state index contributed by atoms with van der Waals surface area (Å²) in [6.45, 7) is 0. The Kier molecular flexibility index (Phi) is 2.93. The number of hydrogen-bond donors (Lipinski definition) is 0. The molecule has 0 saturated carbocycles. The minimum atomic E-state index is 0.812. The van der Waals surface area contributed by atoms with Crippen LogP contribution in [0.5, 0.6) is 0 Å². The topological polar surface area (TPSA) is 25.8 Å². The van der Waals surface area contributed by atoms with Crippen LogP contribution < -0.4 is 0 Å². The van der Waals surface area contributed by atoms with Crippen LogP contribution in [0.15, 0.2) is 34.9 Å². The summed E-state index contributed by atoms with van der Waals surface area (Å²) in [6, 6.07) is 8.32. The van der Waals surface area contributed by atoms with Gasteiger partial charge in [-0.25, -0.2) is 9.97 Å². The van der Waals surface area contributed by atoms with E-state index in [1.54, 1.807) is 0 Å². The van der Waals surface area contributed by atoms with Gasteiger partial charge < -0.3 is 0 Å². The van der Waals surface area contributed by atoms with E-state index >= 15 is 0 Å². The SMILES string of the molecule is Brc1cccc(Cc2ncc3c(n2)CCC3)c1. The number of rotatable bonds is 2. The molecule has 0 unspecified atom stereocenters. The molecule has 1 aromatic carbocycles. The number of aromatic nitrogens is 2. The first kappa shape index (κ1) is 10.9. The molecule has 0 saturated heterocycles. The van der Waals surface area contributed by atoms with Crippen molar-refractivity contribution in [2.24, 2.45) is 0 Å². The number of hydrogen-bond acceptors (Lipinski definition) is 2. The first-order valence-corrected chi connectivity index (χ1v) is 6.69. The predicted octanol–water partition coefficient (Wildman–Crippen LogP) is 3.32. The van der Waals surface area contributed by atoms with E-state index in [4.69, 9.17) is 0 Å². The van der Waals surface area contributed by atoms with Crippen LogP contribution in [-0.2, 0) is 19.3 Å². The van der Waals surface area contributed by atoms with E-state index in [9.17, 15) is 0 Å². The zero-order valence-electron chi connectivity index (χ0n) is 9.49. The van der Waals surface area contributed by atoms with Crippen LogP contribution in [0.3, 0.4) is 0 Å². The molecule has 1 aliphatic rings. The van der Waals surface area contributed by atoms with E-state index in [1.807, 2.05) is 18.3 Å². The maximum atomic E-state index is 4.65. The van der Waals surface area contributed by atoms with Gasteiger partial charge in [0.05, 0.1) is 0 Å². The highest BCUT2D eigenvalue weighted by molar-refractivity contribution is 9.10. The lowest BCUT2D eigenvalue weighted by Gasteiger charge is -2.03. The van der Waals surface area contributed by atoms with Crippen LogP contribution in [0, 0.1) is 0 Å². The van der Waals surface area contributed by atoms with Crippen molar-refractivity contribution >= 4 is 15.9 Å². The van der Waals surface area contributed by atoms with E-state index < -0.39 is 0 Å². The van der Waals surface area contributed by atoms with Gasteiger partial charge in [0.2, 0.25) is 0 Å². The Hall–Kier alpha value is -1.22. The van der Waals surface area contributed by atoms with E-state index in [0.717, 1.165) is 29.6 Å². The molecule has 0 radical (unpaired) electrons. The molecule has 0 fully saturated rings. The van der Waals surface area contributed by atoms with Gasteiger partial charge in [0.1, 0.15) is 5.82 Å². The molecule has 0 aliphatic heterocycles. The first-order valence-electron chi connectivity index (χ1n) is 5.89. The third-order valence-electron chi connectivity index (χ3n) is 3.12. The van der Waals surface area contributed by atoms with Gasteiger partial charge in [-0.05, 0) is 42.5 Å². The smallest absolute Gasteiger partial charge is 0.132 e. The first-order chi connectivity index (χ1) is 8.31. The molecule has 0 spiro atoms. The van der Waals surface area contributed by atoms with Crippen molar-refractivity contribution < 1.29 is 0 Å². The number of nitrogens with zero attached hydrogens (tertiary/aromatic N) is 2. The Morgan fingerprint density at radius 2 is 2.18 bits per heavy atom. The minimum absolute atomic E-state index is 0.812. The minimum Gasteiger partial charge on any atom is -0.241 e. The molecule has 3 heteroatoms. The molecular weight excluding hydrogens is 276 g/mol. The quantitative estimate of drug-likeness (QED) is 0.847. The molecule has 1 heterocycles. The van der Waals surface area contributed by atoms with Gasteiger partial charge in [0.25, 0.3) is 0 Å². The highest BCUT2D eigenvalue weighted by Crippen LogP contribution is 2.20. The Balaban J connectivity index is 1.86. The highest BCUT2D eigenvalue weighted by Gasteiger charge is 2.13. The molecule has 2 nitrogen and oxygen atoms in total. The summed E-state index contributed by atoms with van der Waals surface area (Å²) < 4.78 is 1.11. The van der Waals surface area contributed by atoms with E-state index in [0.29, 0.717) is 0 Å². The average molecular weight is 289 g/mol. The maximum absolute atomic E-state index is 4.65. The number of aryl methyl sites for hydroxylation is 2. The van der Waals surface area contributed by atoms with Crippen molar-refractivity contribution in [2.75, 3.05) is 0 Å². The van der Waals surface area contributed by atoms with Crippen molar-refractivity contribution in [3.05, 3.63) is 57.6 Å². The fraction of sp³-hybridized carbons (Fsp3) is 0.286. The lowest BCUT2D eigenvalue weighted by atomic mass is 10.1. The van der Waals surface area contributed by atoms with Gasteiger partial charge >= 0.3 is 0 Å². The Bertz CT molecular complexity index is 552. The van der Waals surface area contributed by atoms with Crippen molar-refractivity contribution in [3.63, 3.8) is 0 Å². The van der Waals surface area contributed by atoms with E-state index in [2.05, 4.69) is 38.0 Å². The normalized spacial score (nSPS) is 13.7. The molecular formula is C14H13BrN2. The van der Waals surface area contributed by atoms with Crippen molar-refractivity contribution in [1.29, 1.82) is 0 Å². The van der Waals surface area contributed by atoms with Gasteiger partial charge in [0.15, 0.2) is 0 Å². The molecule has 0 N–H and O–H groups in total. The van der Waals surface area contributed by atoms with Crippen LogP contribution in [-0.4, -0.2) is 9.97 Å². The number of benzene rings is 1. The van der Waals surface area contributed by atoms with Crippen LogP contribution >= 0.6 is 15.9 Å². The average Bonchev–Trinajstić information content (AvgIpc) is 2.76. The predicted molar refractivity (Wildman–Crippen MR) is 71.0 cm³/mol. The lowest BCUT2D eigenvalue weighted by molar-refractivity contribution is 0.885. The summed E-state index contributed by atoms with van der Waals surface area (Å²) in [6.07, 6.45) is 6.30. The molecule has 17 heavy (non-hydrogen) atoms. The second-order valence-electron chi connectivity index (χ2n) is 4.42. The summed E-state index contributed by atoms with van der Waals surface area (Å²) in [4.78, 5) is 9.10. The fourth-order valence-corrected chi connectivity index (χ4v) is 2.72. The summed E-state index contributed by atoms with van der Waals surface area (Å²) in [5.41, 5.74) is 3.84. The Labute approximate surface area is 109 Å². The van der Waals surface area contributed by atoms with Crippen LogP contribution in [0.2, 0.25) is 0 Å². The van der Waals surface area contributed by atoms with Crippen molar-refractivity contribution in [1.82, 2.24) is 9.97 Å². The van der Waals surface area contributed by atoms with Gasteiger partial charge in [-0.15, -0.1) is 0 Å². The van der Waals surface area contributed by atoms with Crippen molar-refractivity contribution in [3.8, 4) is 0 Å². The van der Waals surface area contributed by atoms with Gasteiger partial charge in [-0.2, -0.15) is 0 Å². The molecule has 0 amide bonds. The third-order valence-corrected chi connectivity index (χ3v) is 3.61. The van der Waals surface area contributed by atoms with E-state index in [-0.39, 0.29) is 0 Å². The maximum Gasteiger partial charge on any atom is 0.132 e. The van der Waals surface area contributed by atoms with Gasteiger partial charge in [-0.1, -0.05) is 28.1 Å². The second-order valence-corrected chi connectivity index (χ2v) is 5.33. The standard InChI is InChI=1S/C14H13BrN2/c15-12-5-1-3-10(7-12)8-14-16-9-11-4-2-6-13(11)17-14/h1,3,5,7,9H,2,4,6,8H2. The highest BCUT2D eigenvalue weighted by atomic mass is 79.9. The summed E-state index contributed by atoms with van der Waals surface area (Å²) in [7, 11) is 0. The molecule has 1 aromatic heterocycles. The summed E-state index contributed by atoms with van der Waals surface area (Å²) in [5.74, 6) is 0.934. The second kappa shape index (κ2) is 4.57. The largest absolute Gasteiger partial charge is 0.241 e. The van der Waals surface area contributed by atoms with Crippen LogP contribution in [0.4, 0.5) is 0 Å². The Morgan fingerprint density at radius 3 is 3.06 bits per heavy atom. The molecule has 86 valence electrons. The monoisotopic (exact) mass is 288 g/mol. The lowest BCUT2D eigenvalue weighted by Crippen LogP contribution is -2.00. The molecule has 0 bridgehead atoms. The fourth-order valence-electron chi connectivity index (χ4n) is 2.27. The van der Waals surface area contributed by atoms with Gasteiger partial charge in [-0.3, -0.25) is 0 Å². The number of halogens is 1. The zero-order valence-corrected chi connectivity index (χ0v) is 11.1. The summed E-state index contributed by atoms with van der Waals surface area (Å²) >= 11 is 3.48. The Morgan fingerprint density at radius 1 is 1.24 bits per heavy atom. The molecule has 0 atom stereocenters. The van der Waals surface area contributed by atoms with Gasteiger partial charge in [0, 0.05) is 22.8 Å². The van der Waals surface area contributed by atoms with Crippen molar-refractivity contribution in [2.45, 2.75) is 25.7 Å².